The number of nitrogens with zero attached hydrogens (tertiary/aromatic N) is 3. The zero-order valence-corrected chi connectivity index (χ0v) is 18.4. The van der Waals surface area contributed by atoms with Gasteiger partial charge in [-0.1, -0.05) is 25.1 Å². The van der Waals surface area contributed by atoms with E-state index >= 15 is 0 Å². The van der Waals surface area contributed by atoms with Crippen LogP contribution in [0, 0.1) is 0 Å². The second kappa shape index (κ2) is 9.54. The van der Waals surface area contributed by atoms with Crippen molar-refractivity contribution >= 4 is 39.7 Å². The van der Waals surface area contributed by atoms with Gasteiger partial charge in [-0.25, -0.2) is 9.78 Å². The maximum absolute atomic E-state index is 12.4. The Morgan fingerprint density at radius 1 is 1.07 bits per heavy atom. The minimum atomic E-state index is -0.408. The summed E-state index contributed by atoms with van der Waals surface area (Å²) in [6.07, 6.45) is 0.808. The highest BCUT2D eigenvalue weighted by atomic mass is 32.1. The number of thiazole rings is 1. The van der Waals surface area contributed by atoms with E-state index in [1.165, 1.54) is 18.3 Å². The first-order valence-corrected chi connectivity index (χ1v) is 10.6. The third-order valence-corrected chi connectivity index (χ3v) is 5.50. The van der Waals surface area contributed by atoms with Gasteiger partial charge in [-0.05, 0) is 42.3 Å². The molecule has 1 aromatic heterocycles. The van der Waals surface area contributed by atoms with Gasteiger partial charge in [-0.3, -0.25) is 9.69 Å². The van der Waals surface area contributed by atoms with Crippen LogP contribution in [-0.4, -0.2) is 31.0 Å². The van der Waals surface area contributed by atoms with Crippen molar-refractivity contribution in [3.8, 4) is 0 Å². The molecule has 156 valence electrons. The number of aromatic nitrogens is 1. The largest absolute Gasteiger partial charge is 0.456 e. The molecule has 0 bridgehead atoms. The van der Waals surface area contributed by atoms with Gasteiger partial charge in [0, 0.05) is 32.1 Å². The van der Waals surface area contributed by atoms with E-state index in [9.17, 15) is 9.59 Å². The van der Waals surface area contributed by atoms with Gasteiger partial charge in [0.05, 0.1) is 16.9 Å². The SMILES string of the molecule is CCc1ccccc1N(C(C)=O)c1nc(COC(=O)c2ccc(N(C)C)cc2)cs1. The van der Waals surface area contributed by atoms with E-state index in [4.69, 9.17) is 4.74 Å². The van der Waals surface area contributed by atoms with Gasteiger partial charge in [0.25, 0.3) is 0 Å². The Labute approximate surface area is 180 Å². The van der Waals surface area contributed by atoms with Gasteiger partial charge in [0.1, 0.15) is 6.61 Å². The first-order valence-electron chi connectivity index (χ1n) is 9.68. The molecule has 6 nitrogen and oxygen atoms in total. The fourth-order valence-corrected chi connectivity index (χ4v) is 3.88. The molecule has 0 N–H and O–H groups in total. The summed E-state index contributed by atoms with van der Waals surface area (Å²) in [4.78, 5) is 32.8. The van der Waals surface area contributed by atoms with E-state index in [1.54, 1.807) is 17.0 Å². The Kier molecular flexibility index (Phi) is 6.84. The maximum Gasteiger partial charge on any atom is 0.338 e. The minimum Gasteiger partial charge on any atom is -0.456 e. The van der Waals surface area contributed by atoms with E-state index in [0.717, 1.165) is 23.4 Å². The van der Waals surface area contributed by atoms with Gasteiger partial charge in [0.15, 0.2) is 5.13 Å². The van der Waals surface area contributed by atoms with E-state index < -0.39 is 5.97 Å². The van der Waals surface area contributed by atoms with Gasteiger partial charge >= 0.3 is 5.97 Å². The molecule has 0 atom stereocenters. The lowest BCUT2D eigenvalue weighted by atomic mass is 10.1. The van der Waals surface area contributed by atoms with Crippen molar-refractivity contribution in [2.45, 2.75) is 26.9 Å². The number of aryl methyl sites for hydroxylation is 1. The lowest BCUT2D eigenvalue weighted by Crippen LogP contribution is -2.23. The van der Waals surface area contributed by atoms with Crippen molar-refractivity contribution in [3.05, 3.63) is 70.7 Å². The number of para-hydroxylation sites is 1. The quantitative estimate of drug-likeness (QED) is 0.510. The van der Waals surface area contributed by atoms with Crippen LogP contribution in [0.5, 0.6) is 0 Å². The first kappa shape index (κ1) is 21.5. The highest BCUT2D eigenvalue weighted by molar-refractivity contribution is 7.14. The second-order valence-corrected chi connectivity index (χ2v) is 7.81. The molecule has 1 heterocycles. The summed E-state index contributed by atoms with van der Waals surface area (Å²) in [5, 5.41) is 2.37. The molecule has 0 unspecified atom stereocenters. The summed E-state index contributed by atoms with van der Waals surface area (Å²) in [6, 6.07) is 15.0. The summed E-state index contributed by atoms with van der Waals surface area (Å²) in [5.74, 6) is -0.524. The Bertz CT molecular complexity index is 1030. The van der Waals surface area contributed by atoms with Gasteiger partial charge in [-0.15, -0.1) is 11.3 Å². The topological polar surface area (TPSA) is 62.7 Å². The van der Waals surface area contributed by atoms with Crippen molar-refractivity contribution in [2.75, 3.05) is 23.9 Å². The third-order valence-electron chi connectivity index (χ3n) is 4.63. The van der Waals surface area contributed by atoms with E-state index in [-0.39, 0.29) is 12.5 Å². The van der Waals surface area contributed by atoms with Crippen LogP contribution < -0.4 is 9.80 Å². The number of hydrogen-bond acceptors (Lipinski definition) is 6. The summed E-state index contributed by atoms with van der Waals surface area (Å²) in [5.41, 5.74) is 3.99. The van der Waals surface area contributed by atoms with Crippen LogP contribution in [0.15, 0.2) is 53.9 Å². The van der Waals surface area contributed by atoms with Crippen molar-refractivity contribution < 1.29 is 14.3 Å². The molecule has 3 rings (SSSR count). The fraction of sp³-hybridized carbons (Fsp3) is 0.261. The lowest BCUT2D eigenvalue weighted by molar-refractivity contribution is -0.115. The van der Waals surface area contributed by atoms with E-state index in [1.807, 2.05) is 60.8 Å². The molecular weight excluding hydrogens is 398 g/mol. The molecule has 0 saturated carbocycles. The van der Waals surface area contributed by atoms with Crippen LogP contribution in [0.4, 0.5) is 16.5 Å². The second-order valence-electron chi connectivity index (χ2n) is 6.98. The number of esters is 1. The number of anilines is 3. The molecule has 1 amide bonds. The minimum absolute atomic E-state index is 0.0476. The average Bonchev–Trinajstić information content (AvgIpc) is 3.20. The highest BCUT2D eigenvalue weighted by Gasteiger charge is 2.20. The molecule has 30 heavy (non-hydrogen) atoms. The zero-order valence-electron chi connectivity index (χ0n) is 17.6. The molecule has 0 fully saturated rings. The van der Waals surface area contributed by atoms with E-state index in [2.05, 4.69) is 11.9 Å². The summed E-state index contributed by atoms with van der Waals surface area (Å²) >= 11 is 1.35. The molecule has 0 spiro atoms. The molecule has 0 aliphatic rings. The van der Waals surface area contributed by atoms with Gasteiger partial charge in [0.2, 0.25) is 5.91 Å². The molecule has 0 saturated heterocycles. The molecule has 0 radical (unpaired) electrons. The van der Waals surface area contributed by atoms with Crippen LogP contribution in [0.2, 0.25) is 0 Å². The summed E-state index contributed by atoms with van der Waals surface area (Å²) in [7, 11) is 3.88. The normalized spacial score (nSPS) is 10.5. The van der Waals surface area contributed by atoms with Crippen LogP contribution in [0.3, 0.4) is 0 Å². The van der Waals surface area contributed by atoms with Crippen LogP contribution in [-0.2, 0) is 22.6 Å². The molecule has 0 aliphatic carbocycles. The number of carbonyl (C=O) groups excluding carboxylic acids is 2. The fourth-order valence-electron chi connectivity index (χ4n) is 3.02. The Morgan fingerprint density at radius 3 is 2.40 bits per heavy atom. The number of carbonyl (C=O) groups is 2. The third kappa shape index (κ3) is 4.86. The smallest absolute Gasteiger partial charge is 0.338 e. The molecule has 7 heteroatoms. The van der Waals surface area contributed by atoms with Crippen LogP contribution >= 0.6 is 11.3 Å². The predicted octanol–water partition coefficient (Wildman–Crippen LogP) is 4.81. The van der Waals surface area contributed by atoms with Crippen molar-refractivity contribution in [2.24, 2.45) is 0 Å². The number of hydrogen-bond donors (Lipinski definition) is 0. The predicted molar refractivity (Wildman–Crippen MR) is 121 cm³/mol. The van der Waals surface area contributed by atoms with Crippen molar-refractivity contribution in [3.63, 3.8) is 0 Å². The first-order chi connectivity index (χ1) is 14.4. The summed E-state index contributed by atoms with van der Waals surface area (Å²) < 4.78 is 5.41. The lowest BCUT2D eigenvalue weighted by Gasteiger charge is -2.20. The highest BCUT2D eigenvalue weighted by Crippen LogP contribution is 2.32. The van der Waals surface area contributed by atoms with Gasteiger partial charge in [-0.2, -0.15) is 0 Å². The molecule has 3 aromatic rings. The van der Waals surface area contributed by atoms with Crippen LogP contribution in [0.1, 0.15) is 35.5 Å². The van der Waals surface area contributed by atoms with E-state index in [0.29, 0.717) is 16.4 Å². The molecule has 0 aliphatic heterocycles. The number of rotatable bonds is 7. The maximum atomic E-state index is 12.4. The van der Waals surface area contributed by atoms with Crippen LogP contribution in [0.25, 0.3) is 0 Å². The number of amides is 1. The van der Waals surface area contributed by atoms with Crippen molar-refractivity contribution in [1.29, 1.82) is 0 Å². The molecule has 2 aromatic carbocycles. The summed E-state index contributed by atoms with van der Waals surface area (Å²) in [6.45, 7) is 3.62. The van der Waals surface area contributed by atoms with Crippen molar-refractivity contribution in [1.82, 2.24) is 4.98 Å². The Morgan fingerprint density at radius 2 is 1.77 bits per heavy atom. The number of ether oxygens (including phenoxy) is 1. The number of benzene rings is 2. The Balaban J connectivity index is 1.72. The zero-order chi connectivity index (χ0) is 21.7. The standard InChI is InChI=1S/C23H25N3O3S/c1-5-17-8-6-7-9-21(17)26(16(2)27)23-24-19(15-30-23)14-29-22(28)18-10-12-20(13-11-18)25(3)4/h6-13,15H,5,14H2,1-4H3. The monoisotopic (exact) mass is 423 g/mol. The Hall–Kier alpha value is -3.19. The average molecular weight is 424 g/mol. The van der Waals surface area contributed by atoms with Gasteiger partial charge < -0.3 is 9.64 Å². The molecular formula is C23H25N3O3S.